The van der Waals surface area contributed by atoms with Crippen molar-refractivity contribution in [1.82, 2.24) is 5.32 Å². The van der Waals surface area contributed by atoms with Crippen molar-refractivity contribution in [3.05, 3.63) is 63.7 Å². The zero-order valence-corrected chi connectivity index (χ0v) is 18.4. The van der Waals surface area contributed by atoms with Crippen molar-refractivity contribution >= 4 is 33.2 Å². The second kappa shape index (κ2) is 8.85. The number of hydrogen-bond acceptors (Lipinski definition) is 3. The molecule has 1 atom stereocenters. The van der Waals surface area contributed by atoms with E-state index in [-0.39, 0.29) is 5.02 Å². The molecule has 0 heterocycles. The zero-order valence-electron chi connectivity index (χ0n) is 16.8. The molecule has 0 saturated carbocycles. The molecule has 5 nitrogen and oxygen atoms in total. The van der Waals surface area contributed by atoms with Gasteiger partial charge in [-0.1, -0.05) is 35.4 Å². The predicted molar refractivity (Wildman–Crippen MR) is 111 cm³/mol. The van der Waals surface area contributed by atoms with Crippen molar-refractivity contribution in [2.24, 2.45) is 0 Å². The molecule has 1 N–H and O–H groups in total. The van der Waals surface area contributed by atoms with E-state index in [0.29, 0.717) is 10.4 Å². The minimum atomic E-state index is -4.69. The van der Waals surface area contributed by atoms with Gasteiger partial charge in [-0.15, -0.1) is 0 Å². The van der Waals surface area contributed by atoms with Crippen LogP contribution in [-0.2, 0) is 21.0 Å². The fraction of sp³-hybridized carbons (Fsp3) is 0.350. The standard InChI is InChI=1S/C20H22ClF3N2O3S/c1-12-5-7-16(13(2)9-12)14(3)25-19(27)11-26(30(4,28)29)18-10-15(20(22,23)24)6-8-17(18)21/h5-10,14H,11H2,1-4H3,(H,25,27)/t14-/m1/s1. The van der Waals surface area contributed by atoms with Crippen LogP contribution in [0.15, 0.2) is 36.4 Å². The lowest BCUT2D eigenvalue weighted by atomic mass is 10.0. The number of nitrogens with one attached hydrogen (secondary N) is 1. The zero-order chi connectivity index (χ0) is 22.9. The molecule has 1 amide bonds. The number of nitrogens with zero attached hydrogens (tertiary/aromatic N) is 1. The highest BCUT2D eigenvalue weighted by atomic mass is 35.5. The highest BCUT2D eigenvalue weighted by Crippen LogP contribution is 2.36. The smallest absolute Gasteiger partial charge is 0.348 e. The van der Waals surface area contributed by atoms with Crippen LogP contribution in [0.3, 0.4) is 0 Å². The lowest BCUT2D eigenvalue weighted by Gasteiger charge is -2.25. The molecule has 0 aromatic heterocycles. The summed E-state index contributed by atoms with van der Waals surface area (Å²) in [7, 11) is -4.09. The molecule has 164 valence electrons. The maximum absolute atomic E-state index is 13.1. The first-order valence-electron chi connectivity index (χ1n) is 8.91. The van der Waals surface area contributed by atoms with Gasteiger partial charge in [0, 0.05) is 0 Å². The highest BCUT2D eigenvalue weighted by Gasteiger charge is 2.33. The van der Waals surface area contributed by atoms with Gasteiger partial charge in [0.05, 0.1) is 28.6 Å². The molecule has 0 spiro atoms. The Balaban J connectivity index is 2.31. The molecule has 0 fully saturated rings. The van der Waals surface area contributed by atoms with Gasteiger partial charge in [-0.3, -0.25) is 9.10 Å². The number of anilines is 1. The third kappa shape index (κ3) is 5.89. The Kier molecular flexibility index (Phi) is 7.08. The predicted octanol–water partition coefficient (Wildman–Crippen LogP) is 4.62. The number of benzene rings is 2. The van der Waals surface area contributed by atoms with Crippen LogP contribution in [0.4, 0.5) is 18.9 Å². The Bertz CT molecular complexity index is 1060. The fourth-order valence-corrected chi connectivity index (χ4v) is 4.20. The van der Waals surface area contributed by atoms with Crippen LogP contribution < -0.4 is 9.62 Å². The van der Waals surface area contributed by atoms with E-state index >= 15 is 0 Å². The third-order valence-electron chi connectivity index (χ3n) is 4.50. The second-order valence-electron chi connectivity index (χ2n) is 7.08. The van der Waals surface area contributed by atoms with Gasteiger partial charge in [-0.05, 0) is 50.1 Å². The Morgan fingerprint density at radius 1 is 1.17 bits per heavy atom. The summed E-state index contributed by atoms with van der Waals surface area (Å²) in [6.45, 7) is 4.84. The van der Waals surface area contributed by atoms with E-state index in [2.05, 4.69) is 5.32 Å². The van der Waals surface area contributed by atoms with Crippen molar-refractivity contribution < 1.29 is 26.4 Å². The Hall–Kier alpha value is -2.26. The van der Waals surface area contributed by atoms with E-state index < -0.39 is 45.9 Å². The molecular weight excluding hydrogens is 441 g/mol. The molecule has 0 aliphatic heterocycles. The van der Waals surface area contributed by atoms with Gasteiger partial charge in [0.15, 0.2) is 0 Å². The van der Waals surface area contributed by atoms with E-state index in [0.717, 1.165) is 35.1 Å². The van der Waals surface area contributed by atoms with Crippen molar-refractivity contribution in [3.63, 3.8) is 0 Å². The number of sulfonamides is 1. The number of carbonyl (C=O) groups excluding carboxylic acids is 1. The molecular formula is C20H22ClF3N2O3S. The van der Waals surface area contributed by atoms with Crippen LogP contribution in [-0.4, -0.2) is 27.1 Å². The molecule has 30 heavy (non-hydrogen) atoms. The number of halogens is 4. The summed E-state index contributed by atoms with van der Waals surface area (Å²) in [6, 6.07) is 7.57. The van der Waals surface area contributed by atoms with Crippen LogP contribution in [0.25, 0.3) is 0 Å². The van der Waals surface area contributed by atoms with E-state index in [1.54, 1.807) is 6.92 Å². The molecule has 0 unspecified atom stereocenters. The monoisotopic (exact) mass is 462 g/mol. The third-order valence-corrected chi connectivity index (χ3v) is 5.95. The first-order chi connectivity index (χ1) is 13.7. The van der Waals surface area contributed by atoms with Gasteiger partial charge in [0.25, 0.3) is 0 Å². The van der Waals surface area contributed by atoms with Crippen LogP contribution >= 0.6 is 11.6 Å². The summed E-state index contributed by atoms with van der Waals surface area (Å²) in [6.07, 6.45) is -3.90. The van der Waals surface area contributed by atoms with Crippen LogP contribution in [0, 0.1) is 13.8 Å². The maximum Gasteiger partial charge on any atom is 0.416 e. The van der Waals surface area contributed by atoms with Crippen LogP contribution in [0.5, 0.6) is 0 Å². The summed E-state index contributed by atoms with van der Waals surface area (Å²) in [5.74, 6) is -0.679. The molecule has 2 rings (SSSR count). The van der Waals surface area contributed by atoms with Gasteiger partial charge < -0.3 is 5.32 Å². The number of aryl methyl sites for hydroxylation is 2. The first kappa shape index (κ1) is 24.0. The minimum absolute atomic E-state index is 0.219. The fourth-order valence-electron chi connectivity index (χ4n) is 3.07. The van der Waals surface area contributed by atoms with Gasteiger partial charge in [0.2, 0.25) is 15.9 Å². The molecule has 2 aromatic rings. The van der Waals surface area contributed by atoms with E-state index in [1.165, 1.54) is 0 Å². The van der Waals surface area contributed by atoms with Crippen LogP contribution in [0.2, 0.25) is 5.02 Å². The van der Waals surface area contributed by atoms with E-state index in [1.807, 2.05) is 32.0 Å². The summed E-state index contributed by atoms with van der Waals surface area (Å²) >= 11 is 5.96. The lowest BCUT2D eigenvalue weighted by Crippen LogP contribution is -2.41. The Morgan fingerprint density at radius 3 is 2.33 bits per heavy atom. The number of rotatable bonds is 6. The molecule has 0 radical (unpaired) electrons. The van der Waals surface area contributed by atoms with E-state index in [9.17, 15) is 26.4 Å². The number of carbonyl (C=O) groups is 1. The average Bonchev–Trinajstić information content (AvgIpc) is 2.58. The molecule has 0 aliphatic rings. The minimum Gasteiger partial charge on any atom is -0.348 e. The van der Waals surface area contributed by atoms with Gasteiger partial charge in [-0.25, -0.2) is 8.42 Å². The molecule has 2 aromatic carbocycles. The van der Waals surface area contributed by atoms with Gasteiger partial charge in [-0.2, -0.15) is 13.2 Å². The molecule has 10 heteroatoms. The summed E-state index contributed by atoms with van der Waals surface area (Å²) in [5, 5.41) is 2.46. The largest absolute Gasteiger partial charge is 0.416 e. The van der Waals surface area contributed by atoms with Crippen molar-refractivity contribution in [3.8, 4) is 0 Å². The number of hydrogen-bond donors (Lipinski definition) is 1. The number of amides is 1. The Morgan fingerprint density at radius 2 is 1.80 bits per heavy atom. The quantitative estimate of drug-likeness (QED) is 0.681. The van der Waals surface area contributed by atoms with Crippen molar-refractivity contribution in [1.29, 1.82) is 0 Å². The van der Waals surface area contributed by atoms with Gasteiger partial charge in [0.1, 0.15) is 6.54 Å². The number of alkyl halides is 3. The highest BCUT2D eigenvalue weighted by molar-refractivity contribution is 7.92. The summed E-state index contributed by atoms with van der Waals surface area (Å²) in [5.41, 5.74) is 1.36. The normalized spacial score (nSPS) is 13.1. The average molecular weight is 463 g/mol. The van der Waals surface area contributed by atoms with Crippen molar-refractivity contribution in [2.45, 2.75) is 33.0 Å². The Labute approximate surface area is 178 Å². The second-order valence-corrected chi connectivity index (χ2v) is 9.40. The topological polar surface area (TPSA) is 66.5 Å². The van der Waals surface area contributed by atoms with Crippen molar-refractivity contribution in [2.75, 3.05) is 17.1 Å². The summed E-state index contributed by atoms with van der Waals surface area (Å²) < 4.78 is 64.2. The molecule has 0 aliphatic carbocycles. The summed E-state index contributed by atoms with van der Waals surface area (Å²) in [4.78, 5) is 12.5. The lowest BCUT2D eigenvalue weighted by molar-refractivity contribution is -0.137. The van der Waals surface area contributed by atoms with Crippen LogP contribution in [0.1, 0.15) is 35.2 Å². The van der Waals surface area contributed by atoms with Gasteiger partial charge >= 0.3 is 6.18 Å². The maximum atomic E-state index is 13.1. The molecule has 0 bridgehead atoms. The molecule has 0 saturated heterocycles. The SMILES string of the molecule is Cc1ccc([C@@H](C)NC(=O)CN(c2cc(C(F)(F)F)ccc2Cl)S(C)(=O)=O)c(C)c1. The first-order valence-corrected chi connectivity index (χ1v) is 11.1. The van der Waals surface area contributed by atoms with E-state index in [4.69, 9.17) is 11.6 Å².